The van der Waals surface area contributed by atoms with Crippen LogP contribution in [0, 0.1) is 6.92 Å². The summed E-state index contributed by atoms with van der Waals surface area (Å²) in [5.74, 6) is 1.43. The van der Waals surface area contributed by atoms with Crippen LogP contribution in [0.2, 0.25) is 0 Å². The highest BCUT2D eigenvalue weighted by Crippen LogP contribution is 2.30. The van der Waals surface area contributed by atoms with Crippen LogP contribution in [0.25, 0.3) is 0 Å². The second-order valence-corrected chi connectivity index (χ2v) is 7.78. The van der Waals surface area contributed by atoms with Crippen LogP contribution in [-0.4, -0.2) is 23.5 Å². The van der Waals surface area contributed by atoms with Crippen molar-refractivity contribution in [3.63, 3.8) is 0 Å². The number of ether oxygens (including phenoxy) is 2. The molecule has 0 atom stereocenters. The molecule has 0 saturated heterocycles. The average Bonchev–Trinajstić information content (AvgIpc) is 2.76. The summed E-state index contributed by atoms with van der Waals surface area (Å²) in [5.41, 5.74) is 6.12. The summed E-state index contributed by atoms with van der Waals surface area (Å²) in [4.78, 5) is 3.11. The van der Waals surface area contributed by atoms with Crippen molar-refractivity contribution in [1.82, 2.24) is 4.90 Å². The molecule has 4 heteroatoms. The highest BCUT2D eigenvalue weighted by molar-refractivity contribution is 7.80. The van der Waals surface area contributed by atoms with Gasteiger partial charge in [0.2, 0.25) is 0 Å². The summed E-state index contributed by atoms with van der Waals surface area (Å²) >= 11 is 5.81. The Morgan fingerprint density at radius 2 is 1.79 bits per heavy atom. The lowest BCUT2D eigenvalue weighted by Crippen LogP contribution is -2.35. The van der Waals surface area contributed by atoms with Crippen molar-refractivity contribution >= 4 is 17.2 Å². The number of benzene rings is 3. The first-order valence-electron chi connectivity index (χ1n) is 9.86. The molecule has 3 aromatic carbocycles. The summed E-state index contributed by atoms with van der Waals surface area (Å²) < 4.78 is 11.6. The van der Waals surface area contributed by atoms with Crippen molar-refractivity contribution in [2.75, 3.05) is 13.7 Å². The number of aryl methyl sites for hydroxylation is 1. The van der Waals surface area contributed by atoms with Gasteiger partial charge in [0.05, 0.1) is 7.11 Å². The van der Waals surface area contributed by atoms with E-state index in [0.717, 1.165) is 41.4 Å². The quantitative estimate of drug-likeness (QED) is 0.538. The molecule has 0 aromatic heterocycles. The topological polar surface area (TPSA) is 21.7 Å². The zero-order valence-corrected chi connectivity index (χ0v) is 17.7. The first kappa shape index (κ1) is 19.5. The summed E-state index contributed by atoms with van der Waals surface area (Å²) in [5, 5.41) is 0. The monoisotopic (exact) mass is 403 g/mol. The van der Waals surface area contributed by atoms with Gasteiger partial charge in [0.15, 0.2) is 11.5 Å². The minimum Gasteiger partial charge on any atom is -0.493 e. The van der Waals surface area contributed by atoms with Gasteiger partial charge in [-0.15, -0.1) is 0 Å². The van der Waals surface area contributed by atoms with Crippen LogP contribution in [0.3, 0.4) is 0 Å². The molecule has 148 valence electrons. The highest BCUT2D eigenvalue weighted by Gasteiger charge is 2.20. The van der Waals surface area contributed by atoms with Crippen molar-refractivity contribution in [3.8, 4) is 11.5 Å². The minimum atomic E-state index is 0.505. The number of hydrogen-bond donors (Lipinski definition) is 0. The van der Waals surface area contributed by atoms with Gasteiger partial charge in [-0.25, -0.2) is 0 Å². The molecule has 1 aliphatic rings. The molecule has 0 bridgehead atoms. The molecule has 0 amide bonds. The third-order valence-corrected chi connectivity index (χ3v) is 5.80. The maximum Gasteiger partial charge on any atom is 0.161 e. The summed E-state index contributed by atoms with van der Waals surface area (Å²) in [6.45, 7) is 4.37. The Kier molecular flexibility index (Phi) is 5.81. The van der Waals surface area contributed by atoms with Gasteiger partial charge in [-0.1, -0.05) is 66.3 Å². The van der Waals surface area contributed by atoms with Crippen molar-refractivity contribution in [2.45, 2.75) is 26.5 Å². The third-order valence-electron chi connectivity index (χ3n) is 5.31. The van der Waals surface area contributed by atoms with E-state index < -0.39 is 0 Å². The predicted octanol–water partition coefficient (Wildman–Crippen LogP) is 5.32. The Hall–Kier alpha value is -2.85. The molecule has 0 aliphatic carbocycles. The van der Waals surface area contributed by atoms with Gasteiger partial charge in [0.1, 0.15) is 11.6 Å². The first-order chi connectivity index (χ1) is 14.1. The van der Waals surface area contributed by atoms with E-state index in [4.69, 9.17) is 21.7 Å². The van der Waals surface area contributed by atoms with E-state index in [9.17, 15) is 0 Å². The maximum atomic E-state index is 6.01. The van der Waals surface area contributed by atoms with Crippen molar-refractivity contribution < 1.29 is 9.47 Å². The molecule has 4 rings (SSSR count). The van der Waals surface area contributed by atoms with Crippen LogP contribution in [-0.2, 0) is 19.6 Å². The SMILES string of the molecule is COc1cc(C(=S)N2CCc3ccccc3C2)ccc1OCc1cccc(C)c1. The lowest BCUT2D eigenvalue weighted by molar-refractivity contribution is 0.284. The fourth-order valence-electron chi connectivity index (χ4n) is 3.73. The van der Waals surface area contributed by atoms with E-state index in [0.29, 0.717) is 12.4 Å². The molecular formula is C25H25NO2S. The van der Waals surface area contributed by atoms with Gasteiger partial charge in [-0.2, -0.15) is 0 Å². The zero-order valence-electron chi connectivity index (χ0n) is 16.9. The molecule has 0 N–H and O–H groups in total. The molecule has 1 aliphatic heterocycles. The van der Waals surface area contributed by atoms with Crippen LogP contribution in [0.4, 0.5) is 0 Å². The number of rotatable bonds is 5. The summed E-state index contributed by atoms with van der Waals surface area (Å²) in [6.07, 6.45) is 1.02. The number of methoxy groups -OCH3 is 1. The fraction of sp³-hybridized carbons (Fsp3) is 0.240. The van der Waals surface area contributed by atoms with Gasteiger partial charge in [-0.3, -0.25) is 0 Å². The number of thiocarbonyl (C=S) groups is 1. The molecule has 0 saturated carbocycles. The van der Waals surface area contributed by atoms with E-state index >= 15 is 0 Å². The Balaban J connectivity index is 1.48. The van der Waals surface area contributed by atoms with E-state index in [1.165, 1.54) is 16.7 Å². The number of nitrogens with zero attached hydrogens (tertiary/aromatic N) is 1. The summed E-state index contributed by atoms with van der Waals surface area (Å²) in [6, 6.07) is 22.9. The molecule has 0 spiro atoms. The van der Waals surface area contributed by atoms with Crippen LogP contribution in [0.1, 0.15) is 27.8 Å². The molecule has 0 fully saturated rings. The molecular weight excluding hydrogens is 378 g/mol. The largest absolute Gasteiger partial charge is 0.493 e. The second kappa shape index (κ2) is 8.66. The van der Waals surface area contributed by atoms with Crippen molar-refractivity contribution in [1.29, 1.82) is 0 Å². The van der Waals surface area contributed by atoms with E-state index in [2.05, 4.69) is 54.3 Å². The van der Waals surface area contributed by atoms with E-state index in [1.807, 2.05) is 24.3 Å². The van der Waals surface area contributed by atoms with E-state index in [1.54, 1.807) is 7.11 Å². The summed E-state index contributed by atoms with van der Waals surface area (Å²) in [7, 11) is 1.67. The van der Waals surface area contributed by atoms with Crippen molar-refractivity contribution in [3.05, 3.63) is 94.5 Å². The molecule has 0 unspecified atom stereocenters. The Bertz CT molecular complexity index is 1030. The van der Waals surface area contributed by atoms with Crippen LogP contribution in [0.5, 0.6) is 11.5 Å². The third kappa shape index (κ3) is 4.43. The highest BCUT2D eigenvalue weighted by atomic mass is 32.1. The standard InChI is InChI=1S/C25H25NO2S/c1-18-6-5-7-19(14-18)17-28-23-11-10-21(15-24(23)27-2)25(29)26-13-12-20-8-3-4-9-22(20)16-26/h3-11,14-15H,12-13,16-17H2,1-2H3. The minimum absolute atomic E-state index is 0.505. The van der Waals surface area contributed by atoms with E-state index in [-0.39, 0.29) is 0 Å². The van der Waals surface area contributed by atoms with Crippen LogP contribution < -0.4 is 9.47 Å². The second-order valence-electron chi connectivity index (χ2n) is 7.39. The van der Waals surface area contributed by atoms with Gasteiger partial charge >= 0.3 is 0 Å². The van der Waals surface area contributed by atoms with Gasteiger partial charge in [0, 0.05) is 18.7 Å². The lowest BCUT2D eigenvalue weighted by Gasteiger charge is -2.31. The Morgan fingerprint density at radius 1 is 0.966 bits per heavy atom. The molecule has 29 heavy (non-hydrogen) atoms. The first-order valence-corrected chi connectivity index (χ1v) is 10.3. The average molecular weight is 404 g/mol. The molecule has 3 aromatic rings. The van der Waals surface area contributed by atoms with Gasteiger partial charge in [-0.05, 0) is 48.2 Å². The van der Waals surface area contributed by atoms with Crippen LogP contribution >= 0.6 is 12.2 Å². The number of hydrogen-bond acceptors (Lipinski definition) is 3. The molecule has 0 radical (unpaired) electrons. The fourth-order valence-corrected chi connectivity index (χ4v) is 4.02. The molecule has 1 heterocycles. The maximum absolute atomic E-state index is 6.01. The van der Waals surface area contributed by atoms with Crippen molar-refractivity contribution in [2.24, 2.45) is 0 Å². The van der Waals surface area contributed by atoms with Crippen LogP contribution in [0.15, 0.2) is 66.7 Å². The van der Waals surface area contributed by atoms with Gasteiger partial charge < -0.3 is 14.4 Å². The Labute approximate surface area is 177 Å². The zero-order chi connectivity index (χ0) is 20.2. The molecule has 3 nitrogen and oxygen atoms in total. The normalized spacial score (nSPS) is 13.0. The number of fused-ring (bicyclic) bond motifs is 1. The smallest absolute Gasteiger partial charge is 0.161 e. The van der Waals surface area contributed by atoms with Gasteiger partial charge in [0.25, 0.3) is 0 Å². The lowest BCUT2D eigenvalue weighted by atomic mass is 9.99. The Morgan fingerprint density at radius 3 is 2.59 bits per heavy atom. The predicted molar refractivity (Wildman–Crippen MR) is 121 cm³/mol.